The molecule has 0 spiro atoms. The van der Waals surface area contributed by atoms with E-state index in [9.17, 15) is 0 Å². The Kier molecular flexibility index (Phi) is 3.61. The Morgan fingerprint density at radius 2 is 2.38 bits per heavy atom. The van der Waals surface area contributed by atoms with Crippen molar-refractivity contribution in [2.24, 2.45) is 0 Å². The third-order valence-corrected chi connectivity index (χ3v) is 2.85. The largest absolute Gasteiger partial charge is 0.377 e. The molecule has 1 aliphatic heterocycles. The van der Waals surface area contributed by atoms with Crippen molar-refractivity contribution in [1.82, 2.24) is 9.97 Å². The molecule has 0 amide bonds. The highest BCUT2D eigenvalue weighted by Crippen LogP contribution is 2.20. The molecule has 16 heavy (non-hydrogen) atoms. The number of anilines is 1. The van der Waals surface area contributed by atoms with Crippen LogP contribution >= 0.6 is 11.6 Å². The van der Waals surface area contributed by atoms with E-state index in [4.69, 9.17) is 16.3 Å². The van der Waals surface area contributed by atoms with E-state index in [-0.39, 0.29) is 6.10 Å². The first-order chi connectivity index (χ1) is 7.66. The number of hydrogen-bond acceptors (Lipinski definition) is 4. The molecule has 0 saturated carbocycles. The second-order valence-electron chi connectivity index (χ2n) is 4.13. The first-order valence-corrected chi connectivity index (χ1v) is 5.90. The van der Waals surface area contributed by atoms with Gasteiger partial charge in [0, 0.05) is 31.5 Å². The quantitative estimate of drug-likeness (QED) is 0.706. The monoisotopic (exact) mass is 241 g/mol. The van der Waals surface area contributed by atoms with Gasteiger partial charge in [-0.25, -0.2) is 9.97 Å². The lowest BCUT2D eigenvalue weighted by Crippen LogP contribution is -2.31. The average Bonchev–Trinajstić information content (AvgIpc) is 2.46. The van der Waals surface area contributed by atoms with E-state index in [2.05, 4.69) is 21.8 Å². The summed E-state index contributed by atoms with van der Waals surface area (Å²) in [6, 6.07) is 0. The van der Waals surface area contributed by atoms with Crippen LogP contribution in [-0.2, 0) is 4.74 Å². The average molecular weight is 242 g/mol. The van der Waals surface area contributed by atoms with Crippen LogP contribution < -0.4 is 4.90 Å². The molecule has 1 unspecified atom stereocenters. The molecule has 5 heteroatoms. The molecule has 1 saturated heterocycles. The van der Waals surface area contributed by atoms with Gasteiger partial charge in [-0.1, -0.05) is 0 Å². The molecule has 0 aliphatic carbocycles. The molecular formula is C11H16ClN3O. The highest BCUT2D eigenvalue weighted by Gasteiger charge is 2.18. The summed E-state index contributed by atoms with van der Waals surface area (Å²) in [6.07, 6.45) is 3.02. The van der Waals surface area contributed by atoms with Gasteiger partial charge in [-0.05, 0) is 31.9 Å². The van der Waals surface area contributed by atoms with Gasteiger partial charge in [-0.2, -0.15) is 0 Å². The number of hydrogen-bond donors (Lipinski definition) is 0. The summed E-state index contributed by atoms with van der Waals surface area (Å²) >= 11 is 5.83. The number of aromatic nitrogens is 2. The molecule has 88 valence electrons. The maximum Gasteiger partial charge on any atom is 0.224 e. The summed E-state index contributed by atoms with van der Waals surface area (Å²) in [5.41, 5.74) is 1.05. The number of rotatable bonds is 1. The van der Waals surface area contributed by atoms with Gasteiger partial charge in [-0.3, -0.25) is 0 Å². The van der Waals surface area contributed by atoms with Crippen LogP contribution in [-0.4, -0.2) is 35.8 Å². The second-order valence-corrected chi connectivity index (χ2v) is 4.46. The molecule has 1 aromatic heterocycles. The van der Waals surface area contributed by atoms with Crippen molar-refractivity contribution < 1.29 is 4.74 Å². The fourth-order valence-corrected chi connectivity index (χ4v) is 2.05. The molecule has 2 rings (SSSR count). The van der Waals surface area contributed by atoms with Crippen molar-refractivity contribution in [1.29, 1.82) is 0 Å². The molecule has 0 radical (unpaired) electrons. The zero-order valence-electron chi connectivity index (χ0n) is 9.61. The van der Waals surface area contributed by atoms with Crippen LogP contribution in [0.2, 0.25) is 5.28 Å². The SMILES string of the molecule is Cc1cnc(Cl)nc1N1CCCOC(C)C1. The second kappa shape index (κ2) is 4.97. The normalized spacial score (nSPS) is 21.9. The predicted molar refractivity (Wildman–Crippen MR) is 64.0 cm³/mol. The number of nitrogens with zero attached hydrogens (tertiary/aromatic N) is 3. The van der Waals surface area contributed by atoms with Crippen LogP contribution in [0, 0.1) is 6.92 Å². The third-order valence-electron chi connectivity index (χ3n) is 2.67. The molecule has 1 atom stereocenters. The minimum absolute atomic E-state index is 0.232. The molecule has 0 aromatic carbocycles. The molecular weight excluding hydrogens is 226 g/mol. The van der Waals surface area contributed by atoms with E-state index >= 15 is 0 Å². The van der Waals surface area contributed by atoms with E-state index < -0.39 is 0 Å². The summed E-state index contributed by atoms with van der Waals surface area (Å²) in [7, 11) is 0. The maximum atomic E-state index is 5.83. The first kappa shape index (κ1) is 11.6. The Labute approximate surface area is 101 Å². The van der Waals surface area contributed by atoms with Crippen LogP contribution in [0.1, 0.15) is 18.9 Å². The van der Waals surface area contributed by atoms with E-state index in [1.165, 1.54) is 0 Å². The summed E-state index contributed by atoms with van der Waals surface area (Å²) < 4.78 is 5.61. The van der Waals surface area contributed by atoms with Gasteiger partial charge in [0.15, 0.2) is 0 Å². The molecule has 1 fully saturated rings. The van der Waals surface area contributed by atoms with E-state index in [1.807, 2.05) is 6.92 Å². The van der Waals surface area contributed by atoms with Crippen molar-refractivity contribution in [3.8, 4) is 0 Å². The van der Waals surface area contributed by atoms with Crippen LogP contribution in [0.15, 0.2) is 6.20 Å². The van der Waals surface area contributed by atoms with Crippen molar-refractivity contribution in [2.75, 3.05) is 24.6 Å². The zero-order valence-corrected chi connectivity index (χ0v) is 10.4. The van der Waals surface area contributed by atoms with Crippen molar-refractivity contribution in [3.05, 3.63) is 17.0 Å². The summed E-state index contributed by atoms with van der Waals surface area (Å²) in [4.78, 5) is 10.5. The molecule has 0 bridgehead atoms. The summed E-state index contributed by atoms with van der Waals surface area (Å²) in [5, 5.41) is 0.304. The highest BCUT2D eigenvalue weighted by molar-refractivity contribution is 6.28. The van der Waals surface area contributed by atoms with Gasteiger partial charge >= 0.3 is 0 Å². The lowest BCUT2D eigenvalue weighted by Gasteiger charge is -2.24. The maximum absolute atomic E-state index is 5.83. The minimum Gasteiger partial charge on any atom is -0.377 e. The fraction of sp³-hybridized carbons (Fsp3) is 0.636. The molecule has 1 aliphatic rings. The van der Waals surface area contributed by atoms with Gasteiger partial charge in [0.05, 0.1) is 6.10 Å². The van der Waals surface area contributed by atoms with Crippen LogP contribution in [0.4, 0.5) is 5.82 Å². The lowest BCUT2D eigenvalue weighted by molar-refractivity contribution is 0.0820. The van der Waals surface area contributed by atoms with E-state index in [0.29, 0.717) is 5.28 Å². The number of ether oxygens (including phenoxy) is 1. The Balaban J connectivity index is 2.24. The lowest BCUT2D eigenvalue weighted by atomic mass is 10.3. The van der Waals surface area contributed by atoms with Crippen molar-refractivity contribution in [2.45, 2.75) is 26.4 Å². The Bertz CT molecular complexity index is 372. The van der Waals surface area contributed by atoms with E-state index in [0.717, 1.165) is 37.5 Å². The fourth-order valence-electron chi connectivity index (χ4n) is 1.92. The summed E-state index contributed by atoms with van der Waals surface area (Å²) in [5.74, 6) is 0.928. The molecule has 4 nitrogen and oxygen atoms in total. The molecule has 0 N–H and O–H groups in total. The zero-order chi connectivity index (χ0) is 11.5. The standard InChI is InChI=1S/C11H16ClN3O/c1-8-6-13-11(12)14-10(8)15-4-3-5-16-9(2)7-15/h6,9H,3-5,7H2,1-2H3. The van der Waals surface area contributed by atoms with E-state index in [1.54, 1.807) is 6.20 Å². The van der Waals surface area contributed by atoms with Crippen molar-refractivity contribution in [3.63, 3.8) is 0 Å². The predicted octanol–water partition coefficient (Wildman–Crippen LogP) is 2.05. The van der Waals surface area contributed by atoms with Crippen molar-refractivity contribution >= 4 is 17.4 Å². The molecule has 1 aromatic rings. The first-order valence-electron chi connectivity index (χ1n) is 5.52. The van der Waals surface area contributed by atoms with Crippen LogP contribution in [0.5, 0.6) is 0 Å². The summed E-state index contributed by atoms with van der Waals surface area (Å²) in [6.45, 7) is 6.71. The Morgan fingerprint density at radius 1 is 1.56 bits per heavy atom. The van der Waals surface area contributed by atoms with Gasteiger partial charge in [0.2, 0.25) is 5.28 Å². The van der Waals surface area contributed by atoms with Crippen LogP contribution in [0.25, 0.3) is 0 Å². The smallest absolute Gasteiger partial charge is 0.224 e. The molecule has 2 heterocycles. The minimum atomic E-state index is 0.232. The Morgan fingerprint density at radius 3 is 3.19 bits per heavy atom. The van der Waals surface area contributed by atoms with Crippen LogP contribution in [0.3, 0.4) is 0 Å². The number of halogens is 1. The number of aryl methyl sites for hydroxylation is 1. The van der Waals surface area contributed by atoms with Gasteiger partial charge in [-0.15, -0.1) is 0 Å². The van der Waals surface area contributed by atoms with Gasteiger partial charge in [0.1, 0.15) is 5.82 Å². The Hall–Kier alpha value is -0.870. The third kappa shape index (κ3) is 2.62. The van der Waals surface area contributed by atoms with Gasteiger partial charge < -0.3 is 9.64 Å². The highest BCUT2D eigenvalue weighted by atomic mass is 35.5. The topological polar surface area (TPSA) is 38.2 Å². The van der Waals surface area contributed by atoms with Gasteiger partial charge in [0.25, 0.3) is 0 Å².